The number of aliphatic hydroxyl groups is 1. The summed E-state index contributed by atoms with van der Waals surface area (Å²) < 4.78 is 1.42. The maximum absolute atomic E-state index is 10.8. The average Bonchev–Trinajstić information content (AvgIpc) is 2.52. The monoisotopic (exact) mass is 342 g/mol. The zero-order chi connectivity index (χ0) is 16.9. The van der Waals surface area contributed by atoms with Crippen LogP contribution >= 0.6 is 11.8 Å². The third kappa shape index (κ3) is 5.38. The summed E-state index contributed by atoms with van der Waals surface area (Å²) in [5.41, 5.74) is 0.138. The molecular weight excluding hydrogens is 316 g/mol. The summed E-state index contributed by atoms with van der Waals surface area (Å²) in [6.07, 6.45) is 2.88. The lowest BCUT2D eigenvalue weighted by Crippen LogP contribution is -2.24. The minimum absolute atomic E-state index is 0.635. The molecular formula is C20H26OSSi. The van der Waals surface area contributed by atoms with Crippen LogP contribution in [0.3, 0.4) is 0 Å². The minimum atomic E-state index is -1.46. The van der Waals surface area contributed by atoms with Crippen molar-refractivity contribution in [2.75, 3.05) is 0 Å². The van der Waals surface area contributed by atoms with Gasteiger partial charge in [-0.15, -0.1) is 0 Å². The van der Waals surface area contributed by atoms with Gasteiger partial charge in [0.1, 0.15) is 0 Å². The predicted molar refractivity (Wildman–Crippen MR) is 104 cm³/mol. The molecule has 0 saturated heterocycles. The van der Waals surface area contributed by atoms with E-state index in [9.17, 15) is 5.11 Å². The van der Waals surface area contributed by atoms with Crippen LogP contribution in [0, 0.1) is 0 Å². The lowest BCUT2D eigenvalue weighted by molar-refractivity contribution is 0.0605. The molecule has 1 unspecified atom stereocenters. The van der Waals surface area contributed by atoms with Gasteiger partial charge in [-0.1, -0.05) is 86.0 Å². The van der Waals surface area contributed by atoms with E-state index in [2.05, 4.69) is 50.0 Å². The lowest BCUT2D eigenvalue weighted by atomic mass is 9.93. The Hall–Kier alpha value is -1.29. The molecule has 0 saturated carbocycles. The van der Waals surface area contributed by atoms with Crippen molar-refractivity contribution in [2.24, 2.45) is 0 Å². The molecule has 0 aliphatic carbocycles. The van der Waals surface area contributed by atoms with Gasteiger partial charge in [0.15, 0.2) is 0 Å². The molecule has 2 aromatic rings. The molecule has 0 aliphatic heterocycles. The van der Waals surface area contributed by atoms with Gasteiger partial charge in [-0.3, -0.25) is 0 Å². The van der Waals surface area contributed by atoms with Gasteiger partial charge in [0.05, 0.1) is 13.7 Å². The van der Waals surface area contributed by atoms with Crippen LogP contribution < -0.4 is 0 Å². The number of thioether (sulfide) groups is 1. The second-order valence-corrected chi connectivity index (χ2v) is 13.6. The molecule has 2 rings (SSSR count). The highest BCUT2D eigenvalue weighted by Gasteiger charge is 2.25. The van der Waals surface area contributed by atoms with Crippen molar-refractivity contribution in [1.82, 2.24) is 0 Å². The summed E-state index contributed by atoms with van der Waals surface area (Å²) in [7, 11) is -1.46. The van der Waals surface area contributed by atoms with Crippen molar-refractivity contribution in [3.8, 4) is 0 Å². The van der Waals surface area contributed by atoms with Crippen LogP contribution in [0.2, 0.25) is 19.6 Å². The third-order valence-corrected chi connectivity index (χ3v) is 8.51. The largest absolute Gasteiger partial charge is 0.385 e. The van der Waals surface area contributed by atoms with Crippen LogP contribution in [0.5, 0.6) is 0 Å². The van der Waals surface area contributed by atoms with E-state index in [1.54, 1.807) is 0 Å². The zero-order valence-electron chi connectivity index (χ0n) is 14.4. The van der Waals surface area contributed by atoms with Gasteiger partial charge in [0, 0.05) is 4.90 Å². The van der Waals surface area contributed by atoms with E-state index < -0.39 is 13.7 Å². The first kappa shape index (κ1) is 18.1. The molecule has 0 bridgehead atoms. The third-order valence-electron chi connectivity index (χ3n) is 3.79. The Labute approximate surface area is 145 Å². The van der Waals surface area contributed by atoms with Gasteiger partial charge in [-0.05, 0) is 35.6 Å². The fourth-order valence-corrected chi connectivity index (χ4v) is 5.33. The van der Waals surface area contributed by atoms with E-state index in [0.717, 1.165) is 5.56 Å². The molecule has 0 fully saturated rings. The van der Waals surface area contributed by atoms with E-state index in [1.807, 2.05) is 55.1 Å². The first-order valence-electron chi connectivity index (χ1n) is 8.00. The maximum Gasteiger partial charge on any atom is 0.0903 e. The summed E-state index contributed by atoms with van der Waals surface area (Å²) in [5, 5.41) is 10.8. The van der Waals surface area contributed by atoms with E-state index >= 15 is 0 Å². The lowest BCUT2D eigenvalue weighted by Gasteiger charge is -2.25. The van der Waals surface area contributed by atoms with Gasteiger partial charge < -0.3 is 5.11 Å². The fourth-order valence-electron chi connectivity index (χ4n) is 2.32. The SMILES string of the molecule is CC(O)(C/C=C(/Sc1ccccc1)[Si](C)(C)C)c1ccccc1. The Morgan fingerprint density at radius 1 is 1.00 bits per heavy atom. The van der Waals surface area contributed by atoms with Crippen molar-refractivity contribution in [3.63, 3.8) is 0 Å². The van der Waals surface area contributed by atoms with Crippen molar-refractivity contribution in [1.29, 1.82) is 0 Å². The van der Waals surface area contributed by atoms with Crippen molar-refractivity contribution in [3.05, 3.63) is 76.8 Å². The Bertz CT molecular complexity index is 642. The highest BCUT2D eigenvalue weighted by Crippen LogP contribution is 2.35. The number of hydrogen-bond acceptors (Lipinski definition) is 2. The first-order valence-corrected chi connectivity index (χ1v) is 12.3. The number of rotatable bonds is 6. The Balaban J connectivity index is 2.21. The normalized spacial score (nSPS) is 15.3. The molecule has 3 heteroatoms. The first-order chi connectivity index (χ1) is 10.8. The van der Waals surface area contributed by atoms with Crippen LogP contribution in [0.15, 0.2) is 76.2 Å². The molecule has 23 heavy (non-hydrogen) atoms. The van der Waals surface area contributed by atoms with Gasteiger partial charge in [-0.2, -0.15) is 0 Å². The van der Waals surface area contributed by atoms with E-state index in [0.29, 0.717) is 6.42 Å². The van der Waals surface area contributed by atoms with Crippen molar-refractivity contribution in [2.45, 2.75) is 43.5 Å². The predicted octanol–water partition coefficient (Wildman–Crippen LogP) is 5.84. The molecule has 0 aliphatic rings. The van der Waals surface area contributed by atoms with Crippen LogP contribution in [0.25, 0.3) is 0 Å². The van der Waals surface area contributed by atoms with E-state index in [4.69, 9.17) is 0 Å². The fraction of sp³-hybridized carbons (Fsp3) is 0.300. The number of hydrogen-bond donors (Lipinski definition) is 1. The smallest absolute Gasteiger partial charge is 0.0903 e. The van der Waals surface area contributed by atoms with Crippen LogP contribution in [0.4, 0.5) is 0 Å². The Morgan fingerprint density at radius 3 is 2.04 bits per heavy atom. The molecule has 0 heterocycles. The summed E-state index contributed by atoms with van der Waals surface area (Å²) in [6.45, 7) is 8.96. The van der Waals surface area contributed by atoms with Crippen molar-refractivity contribution < 1.29 is 5.11 Å². The second kappa shape index (κ2) is 7.52. The average molecular weight is 343 g/mol. The van der Waals surface area contributed by atoms with E-state index in [1.165, 1.54) is 9.42 Å². The molecule has 1 N–H and O–H groups in total. The molecule has 1 nitrogen and oxygen atoms in total. The highest BCUT2D eigenvalue weighted by molar-refractivity contribution is 8.05. The summed E-state index contributed by atoms with van der Waals surface area (Å²) >= 11 is 1.84. The van der Waals surface area contributed by atoms with E-state index in [-0.39, 0.29) is 0 Å². The maximum atomic E-state index is 10.8. The van der Waals surface area contributed by atoms with Crippen LogP contribution in [-0.4, -0.2) is 13.2 Å². The summed E-state index contributed by atoms with van der Waals surface area (Å²) in [5.74, 6) is 0. The minimum Gasteiger partial charge on any atom is -0.385 e. The summed E-state index contributed by atoms with van der Waals surface area (Å²) in [4.78, 5) is 1.26. The molecule has 0 aromatic heterocycles. The quantitative estimate of drug-likeness (QED) is 0.526. The van der Waals surface area contributed by atoms with Gasteiger partial charge in [0.2, 0.25) is 0 Å². The van der Waals surface area contributed by atoms with Gasteiger partial charge in [0.25, 0.3) is 0 Å². The zero-order valence-corrected chi connectivity index (χ0v) is 16.2. The van der Waals surface area contributed by atoms with Gasteiger partial charge in [-0.25, -0.2) is 0 Å². The topological polar surface area (TPSA) is 20.2 Å². The summed E-state index contributed by atoms with van der Waals surface area (Å²) in [6, 6.07) is 20.4. The van der Waals surface area contributed by atoms with Gasteiger partial charge >= 0.3 is 0 Å². The molecule has 0 amide bonds. The Morgan fingerprint density at radius 2 is 1.52 bits per heavy atom. The number of benzene rings is 2. The molecule has 0 spiro atoms. The molecule has 2 aromatic carbocycles. The molecule has 122 valence electrons. The van der Waals surface area contributed by atoms with Crippen molar-refractivity contribution >= 4 is 19.8 Å². The highest BCUT2D eigenvalue weighted by atomic mass is 32.2. The Kier molecular flexibility index (Phi) is 5.90. The van der Waals surface area contributed by atoms with Crippen LogP contribution in [0.1, 0.15) is 18.9 Å². The standard InChI is InChI=1S/C20H26OSSi/c1-20(21,17-11-7-5-8-12-17)16-15-19(23(2,3)4)22-18-13-9-6-10-14-18/h5-15,21H,16H2,1-4H3/b19-15-. The second-order valence-electron chi connectivity index (χ2n) is 7.08. The molecule has 1 atom stereocenters. The van der Waals surface area contributed by atoms with Crippen LogP contribution in [-0.2, 0) is 5.60 Å². The molecule has 0 radical (unpaired) electrons.